The lowest BCUT2D eigenvalue weighted by molar-refractivity contribution is -0.137. The van der Waals surface area contributed by atoms with E-state index in [1.165, 1.54) is 11.1 Å². The molecule has 1 aromatic rings. The molecular weight excluding hydrogens is 266 g/mol. The molecular formula is C17H23NO3. The minimum atomic E-state index is -0.682. The second kappa shape index (κ2) is 6.06. The van der Waals surface area contributed by atoms with Gasteiger partial charge in [-0.25, -0.2) is 0 Å². The third-order valence-electron chi connectivity index (χ3n) is 4.56. The summed E-state index contributed by atoms with van der Waals surface area (Å²) < 4.78 is 6.02. The molecule has 3 rings (SSSR count). The summed E-state index contributed by atoms with van der Waals surface area (Å²) in [6.07, 6.45) is 3.46. The van der Waals surface area contributed by atoms with E-state index in [9.17, 15) is 4.79 Å². The highest BCUT2D eigenvalue weighted by Crippen LogP contribution is 2.31. The lowest BCUT2D eigenvalue weighted by Gasteiger charge is -2.20. The van der Waals surface area contributed by atoms with Gasteiger partial charge in [-0.2, -0.15) is 0 Å². The summed E-state index contributed by atoms with van der Waals surface area (Å²) in [7, 11) is 0. The molecule has 114 valence electrons. The average molecular weight is 289 g/mol. The van der Waals surface area contributed by atoms with Crippen molar-refractivity contribution in [2.75, 3.05) is 19.6 Å². The Labute approximate surface area is 125 Å². The van der Waals surface area contributed by atoms with E-state index in [0.29, 0.717) is 12.3 Å². The van der Waals surface area contributed by atoms with Gasteiger partial charge in [0.1, 0.15) is 11.9 Å². The third kappa shape index (κ3) is 3.56. The molecule has 2 unspecified atom stereocenters. The molecule has 0 saturated carbocycles. The van der Waals surface area contributed by atoms with Crippen LogP contribution in [-0.4, -0.2) is 41.7 Å². The van der Waals surface area contributed by atoms with Crippen molar-refractivity contribution in [3.63, 3.8) is 0 Å². The highest BCUT2D eigenvalue weighted by atomic mass is 16.5. The molecule has 1 N–H and O–H groups in total. The Morgan fingerprint density at radius 1 is 1.48 bits per heavy atom. The summed E-state index contributed by atoms with van der Waals surface area (Å²) in [5.74, 6) is 0.887. The second-order valence-corrected chi connectivity index (χ2v) is 6.40. The first-order valence-corrected chi connectivity index (χ1v) is 7.80. The zero-order valence-electron chi connectivity index (χ0n) is 12.5. The number of carboxylic acid groups (broad SMARTS) is 1. The monoisotopic (exact) mass is 289 g/mol. The van der Waals surface area contributed by atoms with Crippen LogP contribution in [0, 0.1) is 12.8 Å². The van der Waals surface area contributed by atoms with Crippen LogP contribution in [0.2, 0.25) is 0 Å². The maximum atomic E-state index is 10.6. The van der Waals surface area contributed by atoms with E-state index in [-0.39, 0.29) is 6.10 Å². The summed E-state index contributed by atoms with van der Waals surface area (Å²) >= 11 is 0. The number of aliphatic carboxylic acids is 1. The Balaban J connectivity index is 1.48. The fourth-order valence-electron chi connectivity index (χ4n) is 3.48. The largest absolute Gasteiger partial charge is 0.488 e. The molecule has 2 heterocycles. The first-order valence-electron chi connectivity index (χ1n) is 7.80. The van der Waals surface area contributed by atoms with E-state index in [2.05, 4.69) is 30.0 Å². The summed E-state index contributed by atoms with van der Waals surface area (Å²) in [5, 5.41) is 8.76. The maximum absolute atomic E-state index is 10.6. The zero-order chi connectivity index (χ0) is 14.8. The molecule has 0 aromatic heterocycles. The Hall–Kier alpha value is -1.55. The van der Waals surface area contributed by atoms with Gasteiger partial charge in [0, 0.05) is 25.9 Å². The molecule has 0 spiro atoms. The Bertz CT molecular complexity index is 529. The first kappa shape index (κ1) is 14.4. The van der Waals surface area contributed by atoms with Crippen LogP contribution < -0.4 is 4.74 Å². The molecule has 0 aliphatic carbocycles. The fraction of sp³-hybridized carbons (Fsp3) is 0.588. The molecule has 0 amide bonds. The van der Waals surface area contributed by atoms with Gasteiger partial charge in [-0.15, -0.1) is 0 Å². The molecule has 0 bridgehead atoms. The van der Waals surface area contributed by atoms with E-state index in [4.69, 9.17) is 9.84 Å². The smallest absolute Gasteiger partial charge is 0.303 e. The van der Waals surface area contributed by atoms with Gasteiger partial charge in [-0.1, -0.05) is 17.7 Å². The molecule has 4 heteroatoms. The third-order valence-corrected chi connectivity index (χ3v) is 4.56. The van der Waals surface area contributed by atoms with E-state index in [1.807, 2.05) is 0 Å². The number of fused-ring (bicyclic) bond motifs is 1. The van der Waals surface area contributed by atoms with Gasteiger partial charge in [0.25, 0.3) is 0 Å². The number of benzene rings is 1. The van der Waals surface area contributed by atoms with Crippen LogP contribution in [0.4, 0.5) is 0 Å². The molecule has 1 aromatic carbocycles. The molecule has 1 saturated heterocycles. The Morgan fingerprint density at radius 2 is 2.33 bits per heavy atom. The Morgan fingerprint density at radius 3 is 3.14 bits per heavy atom. The van der Waals surface area contributed by atoms with E-state index in [0.717, 1.165) is 44.6 Å². The highest BCUT2D eigenvalue weighted by molar-refractivity contribution is 5.66. The van der Waals surface area contributed by atoms with Crippen molar-refractivity contribution in [1.29, 1.82) is 0 Å². The first-order chi connectivity index (χ1) is 10.1. The minimum absolute atomic E-state index is 0.250. The predicted molar refractivity (Wildman–Crippen MR) is 80.7 cm³/mol. The van der Waals surface area contributed by atoms with Gasteiger partial charge in [-0.05, 0) is 43.9 Å². The van der Waals surface area contributed by atoms with E-state index < -0.39 is 5.97 Å². The molecule has 2 aliphatic rings. The molecule has 2 aliphatic heterocycles. The van der Waals surface area contributed by atoms with Crippen molar-refractivity contribution in [3.05, 3.63) is 29.3 Å². The summed E-state index contributed by atoms with van der Waals surface area (Å²) in [6, 6.07) is 6.39. The van der Waals surface area contributed by atoms with Crippen LogP contribution in [0.1, 0.15) is 30.4 Å². The van der Waals surface area contributed by atoms with Gasteiger partial charge in [0.2, 0.25) is 0 Å². The number of hydrogen-bond acceptors (Lipinski definition) is 3. The summed E-state index contributed by atoms with van der Waals surface area (Å²) in [5.41, 5.74) is 2.61. The van der Waals surface area contributed by atoms with Gasteiger partial charge in [0.15, 0.2) is 0 Å². The van der Waals surface area contributed by atoms with Crippen molar-refractivity contribution in [1.82, 2.24) is 4.90 Å². The standard InChI is InChI=1S/C17H23NO3/c1-12-2-4-16-14(8-12)9-15(21-16)11-18-7-6-13(10-18)3-5-17(19)20/h2,4,8,13,15H,3,5-7,9-11H2,1H3,(H,19,20). The van der Waals surface area contributed by atoms with Crippen LogP contribution >= 0.6 is 0 Å². The quantitative estimate of drug-likeness (QED) is 0.905. The molecule has 1 fully saturated rings. The minimum Gasteiger partial charge on any atom is -0.488 e. The number of ether oxygens (including phenoxy) is 1. The Kier molecular flexibility index (Phi) is 4.15. The average Bonchev–Trinajstić information content (AvgIpc) is 3.02. The topological polar surface area (TPSA) is 49.8 Å². The van der Waals surface area contributed by atoms with E-state index in [1.54, 1.807) is 0 Å². The summed E-state index contributed by atoms with van der Waals surface area (Å²) in [6.45, 7) is 5.15. The molecule has 2 atom stereocenters. The predicted octanol–water partition coefficient (Wildman–Crippen LogP) is 2.49. The van der Waals surface area contributed by atoms with Crippen molar-refractivity contribution in [3.8, 4) is 5.75 Å². The van der Waals surface area contributed by atoms with Gasteiger partial charge in [-0.3, -0.25) is 9.69 Å². The van der Waals surface area contributed by atoms with Crippen molar-refractivity contribution in [2.45, 2.75) is 38.7 Å². The van der Waals surface area contributed by atoms with Crippen LogP contribution in [0.25, 0.3) is 0 Å². The van der Waals surface area contributed by atoms with Crippen LogP contribution in [0.5, 0.6) is 5.75 Å². The normalized spacial score (nSPS) is 24.8. The molecule has 21 heavy (non-hydrogen) atoms. The number of carboxylic acids is 1. The lowest BCUT2D eigenvalue weighted by atomic mass is 10.0. The van der Waals surface area contributed by atoms with Crippen LogP contribution in [-0.2, 0) is 11.2 Å². The van der Waals surface area contributed by atoms with Gasteiger partial charge in [0.05, 0.1) is 0 Å². The van der Waals surface area contributed by atoms with Crippen molar-refractivity contribution >= 4 is 5.97 Å². The van der Waals surface area contributed by atoms with Gasteiger partial charge < -0.3 is 9.84 Å². The molecule has 0 radical (unpaired) electrons. The van der Waals surface area contributed by atoms with Crippen LogP contribution in [0.15, 0.2) is 18.2 Å². The second-order valence-electron chi connectivity index (χ2n) is 6.40. The number of hydrogen-bond donors (Lipinski definition) is 1. The van der Waals surface area contributed by atoms with Crippen molar-refractivity contribution < 1.29 is 14.6 Å². The maximum Gasteiger partial charge on any atom is 0.303 e. The molecule has 4 nitrogen and oxygen atoms in total. The van der Waals surface area contributed by atoms with Crippen LogP contribution in [0.3, 0.4) is 0 Å². The summed E-state index contributed by atoms with van der Waals surface area (Å²) in [4.78, 5) is 13.1. The number of nitrogens with zero attached hydrogens (tertiary/aromatic N) is 1. The fourth-order valence-corrected chi connectivity index (χ4v) is 3.48. The highest BCUT2D eigenvalue weighted by Gasteiger charge is 2.29. The number of aryl methyl sites for hydroxylation is 1. The zero-order valence-corrected chi connectivity index (χ0v) is 12.5. The lowest BCUT2D eigenvalue weighted by Crippen LogP contribution is -2.33. The number of carbonyl (C=O) groups is 1. The number of likely N-dealkylation sites (tertiary alicyclic amines) is 1. The van der Waals surface area contributed by atoms with E-state index >= 15 is 0 Å². The SMILES string of the molecule is Cc1ccc2c(c1)CC(CN1CCC(CCC(=O)O)C1)O2. The number of rotatable bonds is 5. The van der Waals surface area contributed by atoms with Crippen molar-refractivity contribution in [2.24, 2.45) is 5.92 Å². The van der Waals surface area contributed by atoms with Gasteiger partial charge >= 0.3 is 5.97 Å².